The third-order valence-electron chi connectivity index (χ3n) is 4.50. The molecule has 0 aromatic heterocycles. The predicted molar refractivity (Wildman–Crippen MR) is 116 cm³/mol. The number of benzene rings is 2. The zero-order valence-electron chi connectivity index (χ0n) is 18.0. The number of hydrogen-bond acceptors (Lipinski definition) is 5. The summed E-state index contributed by atoms with van der Waals surface area (Å²) in [4.78, 5) is 36.2. The lowest BCUT2D eigenvalue weighted by molar-refractivity contribution is -0.139. The van der Waals surface area contributed by atoms with Gasteiger partial charge in [-0.15, -0.1) is 0 Å². The second-order valence-corrected chi connectivity index (χ2v) is 8.14. The first-order valence-electron chi connectivity index (χ1n) is 9.80. The fourth-order valence-corrected chi connectivity index (χ4v) is 2.66. The minimum Gasteiger partial charge on any atom is -0.490 e. The van der Waals surface area contributed by atoms with Crippen molar-refractivity contribution in [2.45, 2.75) is 39.5 Å². The van der Waals surface area contributed by atoms with Crippen molar-refractivity contribution < 1.29 is 23.9 Å². The van der Waals surface area contributed by atoms with Crippen LogP contribution in [0.4, 0.5) is 0 Å². The van der Waals surface area contributed by atoms with E-state index in [4.69, 9.17) is 9.47 Å². The molecule has 0 radical (unpaired) electrons. The van der Waals surface area contributed by atoms with Gasteiger partial charge in [-0.2, -0.15) is 0 Å². The van der Waals surface area contributed by atoms with Crippen LogP contribution in [0, 0.1) is 0 Å². The number of rotatable bonds is 9. The van der Waals surface area contributed by atoms with Crippen LogP contribution in [0.15, 0.2) is 60.7 Å². The topological polar surface area (TPSA) is 69.7 Å². The Kier molecular flexibility index (Phi) is 7.70. The molecule has 0 atom stereocenters. The van der Waals surface area contributed by atoms with Crippen molar-refractivity contribution in [3.63, 3.8) is 0 Å². The summed E-state index contributed by atoms with van der Waals surface area (Å²) in [5.74, 6) is -0.374. The van der Waals surface area contributed by atoms with Gasteiger partial charge in [0.2, 0.25) is 0 Å². The summed E-state index contributed by atoms with van der Waals surface area (Å²) in [5, 5.41) is 0. The fourth-order valence-electron chi connectivity index (χ4n) is 2.66. The van der Waals surface area contributed by atoms with Gasteiger partial charge in [-0.3, -0.25) is 9.59 Å². The zero-order valence-corrected chi connectivity index (χ0v) is 18.0. The van der Waals surface area contributed by atoms with Gasteiger partial charge < -0.3 is 9.47 Å². The standard InChI is InChI=1S/C25H28O5/c1-17(2)24(28)30-15-14-29-21-12-8-19(9-13-21)23(27)16-22(26)18-6-10-20(11-7-18)25(3,4)5/h6-13H,1,14-16H2,2-5H3. The number of hydrogen-bond donors (Lipinski definition) is 0. The summed E-state index contributed by atoms with van der Waals surface area (Å²) >= 11 is 0. The van der Waals surface area contributed by atoms with Crippen LogP contribution in [-0.2, 0) is 14.9 Å². The summed E-state index contributed by atoms with van der Waals surface area (Å²) in [5.41, 5.74) is 2.44. The summed E-state index contributed by atoms with van der Waals surface area (Å²) in [6.07, 6.45) is -0.189. The highest BCUT2D eigenvalue weighted by Crippen LogP contribution is 2.23. The van der Waals surface area contributed by atoms with Crippen LogP contribution in [0.25, 0.3) is 0 Å². The Morgan fingerprint density at radius 3 is 1.80 bits per heavy atom. The molecule has 0 amide bonds. The maximum Gasteiger partial charge on any atom is 0.333 e. The SMILES string of the molecule is C=C(C)C(=O)OCCOc1ccc(C(=O)CC(=O)c2ccc(C(C)(C)C)cc2)cc1. The van der Waals surface area contributed by atoms with Gasteiger partial charge in [0.05, 0.1) is 6.42 Å². The molecule has 0 fully saturated rings. The average Bonchev–Trinajstić information content (AvgIpc) is 2.70. The van der Waals surface area contributed by atoms with Gasteiger partial charge >= 0.3 is 5.97 Å². The molecule has 0 bridgehead atoms. The highest BCUT2D eigenvalue weighted by atomic mass is 16.6. The highest BCUT2D eigenvalue weighted by molar-refractivity contribution is 6.13. The molecule has 0 unspecified atom stereocenters. The van der Waals surface area contributed by atoms with E-state index in [2.05, 4.69) is 27.4 Å². The Bertz CT molecular complexity index is 916. The van der Waals surface area contributed by atoms with Crippen LogP contribution in [0.2, 0.25) is 0 Å². The number of esters is 1. The first kappa shape index (κ1) is 23.1. The first-order valence-corrected chi connectivity index (χ1v) is 9.80. The lowest BCUT2D eigenvalue weighted by Crippen LogP contribution is -2.13. The van der Waals surface area contributed by atoms with Crippen LogP contribution < -0.4 is 4.74 Å². The second-order valence-electron chi connectivity index (χ2n) is 8.14. The van der Waals surface area contributed by atoms with Gasteiger partial charge in [0.25, 0.3) is 0 Å². The Labute approximate surface area is 177 Å². The summed E-state index contributed by atoms with van der Waals surface area (Å²) in [6, 6.07) is 13.9. The molecule has 30 heavy (non-hydrogen) atoms. The smallest absolute Gasteiger partial charge is 0.333 e. The normalized spacial score (nSPS) is 10.9. The van der Waals surface area contributed by atoms with E-state index in [9.17, 15) is 14.4 Å². The van der Waals surface area contributed by atoms with E-state index >= 15 is 0 Å². The molecule has 5 nitrogen and oxygen atoms in total. The first-order chi connectivity index (χ1) is 14.1. The van der Waals surface area contributed by atoms with E-state index in [-0.39, 0.29) is 36.6 Å². The van der Waals surface area contributed by atoms with E-state index < -0.39 is 5.97 Å². The number of ketones is 2. The average molecular weight is 408 g/mol. The monoisotopic (exact) mass is 408 g/mol. The van der Waals surface area contributed by atoms with Crippen molar-refractivity contribution in [2.24, 2.45) is 0 Å². The summed E-state index contributed by atoms with van der Waals surface area (Å²) in [6.45, 7) is 11.7. The lowest BCUT2D eigenvalue weighted by atomic mass is 9.86. The van der Waals surface area contributed by atoms with E-state index in [1.165, 1.54) is 0 Å². The van der Waals surface area contributed by atoms with Crippen molar-refractivity contribution in [3.05, 3.63) is 77.4 Å². The van der Waals surface area contributed by atoms with E-state index in [1.54, 1.807) is 43.3 Å². The number of carbonyl (C=O) groups excluding carboxylic acids is 3. The van der Waals surface area contributed by atoms with Crippen molar-refractivity contribution in [2.75, 3.05) is 13.2 Å². The van der Waals surface area contributed by atoms with Crippen LogP contribution in [-0.4, -0.2) is 30.7 Å². The number of ether oxygens (including phenoxy) is 2. The summed E-state index contributed by atoms with van der Waals surface area (Å²) in [7, 11) is 0. The highest BCUT2D eigenvalue weighted by Gasteiger charge is 2.17. The van der Waals surface area contributed by atoms with Gasteiger partial charge in [0.1, 0.15) is 19.0 Å². The van der Waals surface area contributed by atoms with Crippen molar-refractivity contribution in [3.8, 4) is 5.75 Å². The molecular formula is C25H28O5. The van der Waals surface area contributed by atoms with Crippen molar-refractivity contribution in [1.29, 1.82) is 0 Å². The largest absolute Gasteiger partial charge is 0.490 e. The van der Waals surface area contributed by atoms with Gasteiger partial charge in [0, 0.05) is 16.7 Å². The third-order valence-corrected chi connectivity index (χ3v) is 4.50. The fraction of sp³-hybridized carbons (Fsp3) is 0.320. The van der Waals surface area contributed by atoms with Gasteiger partial charge in [0.15, 0.2) is 11.6 Å². The van der Waals surface area contributed by atoms with Crippen molar-refractivity contribution >= 4 is 17.5 Å². The van der Waals surface area contributed by atoms with Crippen LogP contribution in [0.1, 0.15) is 60.4 Å². The van der Waals surface area contributed by atoms with Crippen molar-refractivity contribution in [1.82, 2.24) is 0 Å². The predicted octanol–water partition coefficient (Wildman–Crippen LogP) is 4.94. The Morgan fingerprint density at radius 1 is 0.833 bits per heavy atom. The molecule has 0 spiro atoms. The molecule has 2 rings (SSSR count). The Morgan fingerprint density at radius 2 is 1.33 bits per heavy atom. The van der Waals surface area contributed by atoms with Gasteiger partial charge in [-0.1, -0.05) is 51.6 Å². The molecule has 2 aromatic carbocycles. The van der Waals surface area contributed by atoms with Crippen LogP contribution >= 0.6 is 0 Å². The van der Waals surface area contributed by atoms with E-state index in [0.717, 1.165) is 5.56 Å². The minimum atomic E-state index is -0.461. The maximum atomic E-state index is 12.4. The molecule has 0 aliphatic heterocycles. The molecule has 158 valence electrons. The molecule has 0 aliphatic rings. The minimum absolute atomic E-state index is 0.00741. The molecular weight excluding hydrogens is 380 g/mol. The molecule has 0 aliphatic carbocycles. The lowest BCUT2D eigenvalue weighted by Gasteiger charge is -2.18. The maximum absolute atomic E-state index is 12.4. The molecule has 0 N–H and O–H groups in total. The van der Waals surface area contributed by atoms with Gasteiger partial charge in [-0.05, 0) is 42.2 Å². The number of Topliss-reactive ketones (excluding diaryl/α,β-unsaturated/α-hetero) is 2. The van der Waals surface area contributed by atoms with E-state index in [0.29, 0.717) is 22.4 Å². The Hall–Kier alpha value is -3.21. The van der Waals surface area contributed by atoms with Gasteiger partial charge in [-0.25, -0.2) is 4.79 Å². The molecule has 2 aromatic rings. The third kappa shape index (κ3) is 6.69. The molecule has 0 heterocycles. The molecule has 0 saturated carbocycles. The molecule has 5 heteroatoms. The summed E-state index contributed by atoms with van der Waals surface area (Å²) < 4.78 is 10.4. The van der Waals surface area contributed by atoms with Crippen LogP contribution in [0.5, 0.6) is 5.75 Å². The number of carbonyl (C=O) groups is 3. The second kappa shape index (κ2) is 10.0. The van der Waals surface area contributed by atoms with Crippen LogP contribution in [0.3, 0.4) is 0 Å². The Balaban J connectivity index is 1.87. The quantitative estimate of drug-likeness (QED) is 0.193. The molecule has 0 saturated heterocycles. The zero-order chi connectivity index (χ0) is 22.3. The van der Waals surface area contributed by atoms with E-state index in [1.807, 2.05) is 12.1 Å².